The SMILES string of the molecule is CNC(=O)Cc1nc(-c2cccc3ncsc23)n(C2CCS(=O)(=O)C2)n1.O=CO. The zero-order valence-electron chi connectivity index (χ0n) is 15.5. The number of fused-ring (bicyclic) bond motifs is 1. The lowest BCUT2D eigenvalue weighted by molar-refractivity contribution is -0.123. The lowest BCUT2D eigenvalue weighted by atomic mass is 10.2. The van der Waals surface area contributed by atoms with Crippen LogP contribution >= 0.6 is 11.3 Å². The third-order valence-corrected chi connectivity index (χ3v) is 7.05. The minimum Gasteiger partial charge on any atom is -0.483 e. The first-order valence-electron chi connectivity index (χ1n) is 8.65. The van der Waals surface area contributed by atoms with E-state index in [0.717, 1.165) is 15.8 Å². The van der Waals surface area contributed by atoms with Crippen molar-refractivity contribution in [2.75, 3.05) is 18.6 Å². The summed E-state index contributed by atoms with van der Waals surface area (Å²) in [6.45, 7) is -0.250. The van der Waals surface area contributed by atoms with Gasteiger partial charge >= 0.3 is 0 Å². The Morgan fingerprint density at radius 3 is 2.86 bits per heavy atom. The Kier molecular flexibility index (Phi) is 6.23. The molecule has 29 heavy (non-hydrogen) atoms. The van der Waals surface area contributed by atoms with Crippen molar-refractivity contribution in [2.45, 2.75) is 18.9 Å². The lowest BCUT2D eigenvalue weighted by Crippen LogP contribution is -2.21. The fraction of sp³-hybridized carbons (Fsp3) is 0.353. The Balaban J connectivity index is 0.000000755. The Morgan fingerprint density at radius 2 is 2.21 bits per heavy atom. The number of rotatable bonds is 4. The topological polar surface area (TPSA) is 144 Å². The summed E-state index contributed by atoms with van der Waals surface area (Å²) in [7, 11) is -1.51. The first-order valence-corrected chi connectivity index (χ1v) is 11.4. The maximum absolute atomic E-state index is 11.9. The molecule has 1 aliphatic rings. The molecular formula is C17H19N5O5S2. The molecule has 1 unspecified atom stereocenters. The summed E-state index contributed by atoms with van der Waals surface area (Å²) in [5.74, 6) is 0.961. The maximum Gasteiger partial charge on any atom is 0.290 e. The third kappa shape index (κ3) is 4.59. The summed E-state index contributed by atoms with van der Waals surface area (Å²) in [6.07, 6.45) is 0.547. The smallest absolute Gasteiger partial charge is 0.290 e. The first kappa shape index (κ1) is 20.9. The average Bonchev–Trinajstić information content (AvgIpc) is 3.39. The normalized spacial score (nSPS) is 17.5. The number of benzene rings is 1. The van der Waals surface area contributed by atoms with Crippen LogP contribution in [0.15, 0.2) is 23.7 Å². The van der Waals surface area contributed by atoms with Crippen LogP contribution in [0.5, 0.6) is 0 Å². The van der Waals surface area contributed by atoms with E-state index in [1.165, 1.54) is 11.3 Å². The summed E-state index contributed by atoms with van der Waals surface area (Å²) in [6, 6.07) is 5.46. The number of thiazole rings is 1. The molecule has 12 heteroatoms. The number of aromatic nitrogens is 4. The van der Waals surface area contributed by atoms with Crippen molar-refractivity contribution >= 4 is 43.8 Å². The number of hydrogen-bond acceptors (Lipinski definition) is 8. The molecule has 2 N–H and O–H groups in total. The zero-order chi connectivity index (χ0) is 21.0. The van der Waals surface area contributed by atoms with Crippen molar-refractivity contribution < 1.29 is 23.1 Å². The van der Waals surface area contributed by atoms with Crippen LogP contribution in [-0.4, -0.2) is 64.2 Å². The standard InChI is InChI=1S/C16H17N5O3S2.CH2O2/c1-17-14(22)7-13-19-16(11-3-2-4-12-15(11)25-9-18-12)21(20-13)10-5-6-26(23,24)8-10;2-1-3/h2-4,9-10H,5-8H2,1H3,(H,17,22);1H,(H,2,3). The van der Waals surface area contributed by atoms with Gasteiger partial charge in [-0.2, -0.15) is 5.10 Å². The fourth-order valence-corrected chi connectivity index (χ4v) is 5.63. The van der Waals surface area contributed by atoms with Gasteiger partial charge in [0.05, 0.1) is 39.7 Å². The second-order valence-corrected chi connectivity index (χ2v) is 9.40. The number of nitrogens with one attached hydrogen (secondary N) is 1. The molecule has 1 aliphatic heterocycles. The Morgan fingerprint density at radius 1 is 1.45 bits per heavy atom. The highest BCUT2D eigenvalue weighted by Crippen LogP contribution is 2.33. The van der Waals surface area contributed by atoms with Crippen molar-refractivity contribution in [3.8, 4) is 11.4 Å². The molecule has 0 bridgehead atoms. The molecule has 0 saturated carbocycles. The van der Waals surface area contributed by atoms with E-state index in [2.05, 4.69) is 20.4 Å². The average molecular weight is 438 g/mol. The highest BCUT2D eigenvalue weighted by molar-refractivity contribution is 7.91. The predicted molar refractivity (Wildman–Crippen MR) is 107 cm³/mol. The van der Waals surface area contributed by atoms with Gasteiger partial charge in [0, 0.05) is 12.6 Å². The van der Waals surface area contributed by atoms with Crippen LogP contribution < -0.4 is 5.32 Å². The lowest BCUT2D eigenvalue weighted by Gasteiger charge is -2.12. The quantitative estimate of drug-likeness (QED) is 0.573. The molecule has 1 aromatic carbocycles. The second-order valence-electron chi connectivity index (χ2n) is 6.31. The van der Waals surface area contributed by atoms with E-state index >= 15 is 0 Å². The number of carbonyl (C=O) groups excluding carboxylic acids is 1. The first-order chi connectivity index (χ1) is 13.9. The molecule has 2 aromatic heterocycles. The number of sulfone groups is 1. The highest BCUT2D eigenvalue weighted by atomic mass is 32.2. The van der Waals surface area contributed by atoms with Crippen LogP contribution in [0.25, 0.3) is 21.6 Å². The van der Waals surface area contributed by atoms with Gasteiger partial charge in [0.1, 0.15) is 0 Å². The van der Waals surface area contributed by atoms with Crippen LogP contribution in [0.3, 0.4) is 0 Å². The van der Waals surface area contributed by atoms with E-state index in [-0.39, 0.29) is 36.3 Å². The van der Waals surface area contributed by atoms with E-state index in [9.17, 15) is 13.2 Å². The molecular weight excluding hydrogens is 418 g/mol. The molecule has 4 rings (SSSR count). The van der Waals surface area contributed by atoms with Gasteiger partial charge < -0.3 is 10.4 Å². The Labute approximate surface area is 170 Å². The van der Waals surface area contributed by atoms with Gasteiger partial charge in [0.25, 0.3) is 6.47 Å². The molecule has 1 amide bonds. The van der Waals surface area contributed by atoms with E-state index in [4.69, 9.17) is 9.90 Å². The van der Waals surface area contributed by atoms with Crippen molar-refractivity contribution in [1.82, 2.24) is 25.1 Å². The summed E-state index contributed by atoms with van der Waals surface area (Å²) < 4.78 is 26.5. The minimum absolute atomic E-state index is 0.0431. The summed E-state index contributed by atoms with van der Waals surface area (Å²) in [5.41, 5.74) is 3.47. The van der Waals surface area contributed by atoms with Crippen molar-refractivity contribution in [3.63, 3.8) is 0 Å². The molecule has 0 aliphatic carbocycles. The van der Waals surface area contributed by atoms with Gasteiger partial charge in [-0.1, -0.05) is 6.07 Å². The molecule has 1 fully saturated rings. The summed E-state index contributed by atoms with van der Waals surface area (Å²) in [4.78, 5) is 29.0. The number of carbonyl (C=O) groups is 2. The Bertz CT molecular complexity index is 1140. The molecule has 10 nitrogen and oxygen atoms in total. The molecule has 154 valence electrons. The van der Waals surface area contributed by atoms with Crippen molar-refractivity contribution in [3.05, 3.63) is 29.5 Å². The number of nitrogens with zero attached hydrogens (tertiary/aromatic N) is 4. The number of likely N-dealkylation sites (N-methyl/N-ethyl adjacent to an activating group) is 1. The second kappa shape index (κ2) is 8.66. The van der Waals surface area contributed by atoms with E-state index in [0.29, 0.717) is 18.1 Å². The number of amides is 1. The minimum atomic E-state index is -3.07. The molecule has 1 saturated heterocycles. The fourth-order valence-electron chi connectivity index (χ4n) is 3.14. The van der Waals surface area contributed by atoms with Gasteiger partial charge in [-0.15, -0.1) is 11.3 Å². The number of hydrogen-bond donors (Lipinski definition) is 2. The van der Waals surface area contributed by atoms with E-state index in [1.807, 2.05) is 18.2 Å². The monoisotopic (exact) mass is 437 g/mol. The van der Waals surface area contributed by atoms with Gasteiger partial charge in [-0.25, -0.2) is 23.1 Å². The molecule has 1 atom stereocenters. The van der Waals surface area contributed by atoms with Crippen LogP contribution in [0.1, 0.15) is 18.3 Å². The predicted octanol–water partition coefficient (Wildman–Crippen LogP) is 0.904. The maximum atomic E-state index is 11.9. The summed E-state index contributed by atoms with van der Waals surface area (Å²) in [5, 5.41) is 13.9. The van der Waals surface area contributed by atoms with Gasteiger partial charge in [-0.05, 0) is 18.6 Å². The van der Waals surface area contributed by atoms with E-state index < -0.39 is 9.84 Å². The molecule has 3 heterocycles. The molecule has 0 spiro atoms. The van der Waals surface area contributed by atoms with Crippen LogP contribution in [0, 0.1) is 0 Å². The number of carboxylic acid groups (broad SMARTS) is 1. The van der Waals surface area contributed by atoms with Crippen LogP contribution in [0.2, 0.25) is 0 Å². The van der Waals surface area contributed by atoms with Gasteiger partial charge in [0.15, 0.2) is 21.5 Å². The van der Waals surface area contributed by atoms with Crippen molar-refractivity contribution in [2.24, 2.45) is 0 Å². The van der Waals surface area contributed by atoms with Gasteiger partial charge in [0.2, 0.25) is 5.91 Å². The van der Waals surface area contributed by atoms with Gasteiger partial charge in [-0.3, -0.25) is 9.59 Å². The summed E-state index contributed by atoms with van der Waals surface area (Å²) >= 11 is 1.50. The van der Waals surface area contributed by atoms with Crippen molar-refractivity contribution in [1.29, 1.82) is 0 Å². The third-order valence-electron chi connectivity index (χ3n) is 4.42. The Hall–Kier alpha value is -2.86. The highest BCUT2D eigenvalue weighted by Gasteiger charge is 2.32. The van der Waals surface area contributed by atoms with Crippen LogP contribution in [-0.2, 0) is 25.8 Å². The zero-order valence-corrected chi connectivity index (χ0v) is 17.1. The molecule has 3 aromatic rings. The largest absolute Gasteiger partial charge is 0.483 e. The van der Waals surface area contributed by atoms with Crippen LogP contribution in [0.4, 0.5) is 0 Å². The molecule has 0 radical (unpaired) electrons. The van der Waals surface area contributed by atoms with E-state index in [1.54, 1.807) is 17.2 Å².